The zero-order valence-electron chi connectivity index (χ0n) is 18.1. The van der Waals surface area contributed by atoms with Crippen molar-refractivity contribution >= 4 is 5.71 Å². The maximum atomic E-state index is 9.82. The molecule has 0 amide bonds. The first-order valence-electron chi connectivity index (χ1n) is 10.5. The molecular weight excluding hydrogens is 374 g/mol. The van der Waals surface area contributed by atoms with Crippen LogP contribution in [0.25, 0.3) is 5.69 Å². The lowest BCUT2D eigenvalue weighted by Gasteiger charge is -2.34. The van der Waals surface area contributed by atoms with E-state index < -0.39 is 0 Å². The summed E-state index contributed by atoms with van der Waals surface area (Å²) in [4.78, 5) is 8.70. The van der Waals surface area contributed by atoms with Crippen molar-refractivity contribution in [3.05, 3.63) is 71.3 Å². The van der Waals surface area contributed by atoms with E-state index in [-0.39, 0.29) is 11.8 Å². The fourth-order valence-electron chi connectivity index (χ4n) is 4.00. The smallest absolute Gasteiger partial charge is 0.205 e. The number of benzene rings is 1. The number of hydrogen-bond donors (Lipinski definition) is 1. The number of imidazole rings is 1. The highest BCUT2D eigenvalue weighted by Crippen LogP contribution is 2.43. The lowest BCUT2D eigenvalue weighted by molar-refractivity contribution is 0.282. The zero-order chi connectivity index (χ0) is 21.7. The molecule has 30 heavy (non-hydrogen) atoms. The predicted octanol–water partition coefficient (Wildman–Crippen LogP) is 4.85. The molecule has 4 rings (SSSR count). The third kappa shape index (κ3) is 3.88. The molecule has 156 valence electrons. The molecule has 0 bridgehead atoms. The van der Waals surface area contributed by atoms with Gasteiger partial charge in [-0.1, -0.05) is 32.4 Å². The summed E-state index contributed by atoms with van der Waals surface area (Å²) in [5, 5.41) is 9.82. The van der Waals surface area contributed by atoms with Crippen LogP contribution < -0.4 is 5.73 Å². The standard InChI is InChI=1S/C22H23N5O.C2H6/c1-14-19(21(25-2)16-4-3-5-16)20(18(12-23)22(24)28-14)15-6-8-17(9-7-15)27-11-10-26-13-27;1-2/h6-11,13,16,20H,3-5,24H2,1-2H3;1-2H3. The average Bonchev–Trinajstić information content (AvgIpc) is 3.27. The molecule has 2 heterocycles. The van der Waals surface area contributed by atoms with E-state index in [1.807, 2.05) is 62.8 Å². The van der Waals surface area contributed by atoms with Crippen LogP contribution in [-0.2, 0) is 4.74 Å². The third-order valence-corrected chi connectivity index (χ3v) is 5.64. The van der Waals surface area contributed by atoms with E-state index in [4.69, 9.17) is 10.5 Å². The van der Waals surface area contributed by atoms with E-state index in [1.54, 1.807) is 12.5 Å². The van der Waals surface area contributed by atoms with E-state index in [9.17, 15) is 5.26 Å². The Hall–Kier alpha value is -3.33. The normalized spacial score (nSPS) is 19.4. The van der Waals surface area contributed by atoms with Gasteiger partial charge in [0.25, 0.3) is 0 Å². The molecule has 2 aliphatic rings. The third-order valence-electron chi connectivity index (χ3n) is 5.64. The van der Waals surface area contributed by atoms with Crippen LogP contribution in [0.5, 0.6) is 0 Å². The molecule has 6 nitrogen and oxygen atoms in total. The molecule has 1 aromatic heterocycles. The molecule has 1 aliphatic heterocycles. The molecule has 6 heteroatoms. The monoisotopic (exact) mass is 403 g/mol. The van der Waals surface area contributed by atoms with Gasteiger partial charge in [0.2, 0.25) is 5.88 Å². The van der Waals surface area contributed by atoms with Crippen molar-refractivity contribution in [2.24, 2.45) is 16.6 Å². The fourth-order valence-corrected chi connectivity index (χ4v) is 4.00. The highest BCUT2D eigenvalue weighted by Gasteiger charge is 2.37. The number of aromatic nitrogens is 2. The molecule has 0 spiro atoms. The number of ether oxygens (including phenoxy) is 1. The summed E-state index contributed by atoms with van der Waals surface area (Å²) in [5.74, 6) is 1.06. The van der Waals surface area contributed by atoms with Crippen LogP contribution in [-0.4, -0.2) is 22.3 Å². The highest BCUT2D eigenvalue weighted by molar-refractivity contribution is 6.04. The van der Waals surface area contributed by atoms with Gasteiger partial charge in [0.05, 0.1) is 12.2 Å². The van der Waals surface area contributed by atoms with E-state index in [2.05, 4.69) is 16.0 Å². The Morgan fingerprint density at radius 1 is 1.27 bits per heavy atom. The Bertz CT molecular complexity index is 1000. The first kappa shape index (κ1) is 21.4. The number of rotatable bonds is 4. The van der Waals surface area contributed by atoms with Gasteiger partial charge in [0.1, 0.15) is 17.4 Å². The van der Waals surface area contributed by atoms with Gasteiger partial charge in [0.15, 0.2) is 0 Å². The number of nitriles is 1. The molecular formula is C24H29N5O. The molecule has 2 aromatic rings. The topological polar surface area (TPSA) is 89.2 Å². The summed E-state index contributed by atoms with van der Waals surface area (Å²) in [6.07, 6.45) is 8.86. The van der Waals surface area contributed by atoms with Crippen molar-refractivity contribution in [1.82, 2.24) is 9.55 Å². The maximum absolute atomic E-state index is 9.82. The highest BCUT2D eigenvalue weighted by atomic mass is 16.5. The summed E-state index contributed by atoms with van der Waals surface area (Å²) < 4.78 is 7.70. The van der Waals surface area contributed by atoms with Gasteiger partial charge >= 0.3 is 0 Å². The SMILES string of the molecule is CC.CN=C(C1=C(C)OC(N)=C(C#N)C1c1ccc(-n2ccnc2)cc1)C1CCC1. The molecule has 2 N–H and O–H groups in total. The average molecular weight is 404 g/mol. The van der Waals surface area contributed by atoms with Crippen LogP contribution in [0.3, 0.4) is 0 Å². The minimum atomic E-state index is -0.269. The van der Waals surface area contributed by atoms with E-state index in [0.29, 0.717) is 11.5 Å². The molecule has 0 saturated heterocycles. The lowest BCUT2D eigenvalue weighted by Crippen LogP contribution is -2.31. The molecule has 1 saturated carbocycles. The minimum Gasteiger partial charge on any atom is -0.445 e. The Kier molecular flexibility index (Phi) is 6.73. The van der Waals surface area contributed by atoms with E-state index >= 15 is 0 Å². The summed E-state index contributed by atoms with van der Waals surface area (Å²) in [7, 11) is 1.82. The van der Waals surface area contributed by atoms with Gasteiger partial charge in [-0.3, -0.25) is 4.99 Å². The van der Waals surface area contributed by atoms with Crippen LogP contribution in [0, 0.1) is 17.2 Å². The number of nitrogens with two attached hydrogens (primary N) is 1. The second-order valence-corrected chi connectivity index (χ2v) is 7.19. The van der Waals surface area contributed by atoms with Gasteiger partial charge in [0, 0.05) is 42.3 Å². The van der Waals surface area contributed by atoms with Crippen LogP contribution in [0.2, 0.25) is 0 Å². The van der Waals surface area contributed by atoms with Crippen molar-refractivity contribution < 1.29 is 4.74 Å². The Balaban J connectivity index is 0.00000124. The second-order valence-electron chi connectivity index (χ2n) is 7.19. The van der Waals surface area contributed by atoms with Gasteiger partial charge in [-0.2, -0.15) is 5.26 Å². The van der Waals surface area contributed by atoms with Crippen LogP contribution >= 0.6 is 0 Å². The van der Waals surface area contributed by atoms with Gasteiger partial charge in [-0.15, -0.1) is 0 Å². The van der Waals surface area contributed by atoms with Crippen LogP contribution in [0.15, 0.2) is 70.8 Å². The predicted molar refractivity (Wildman–Crippen MR) is 119 cm³/mol. The summed E-state index contributed by atoms with van der Waals surface area (Å²) in [6, 6.07) is 10.4. The van der Waals surface area contributed by atoms with E-state index in [0.717, 1.165) is 41.1 Å². The van der Waals surface area contributed by atoms with Crippen molar-refractivity contribution in [3.8, 4) is 11.8 Å². The summed E-state index contributed by atoms with van der Waals surface area (Å²) >= 11 is 0. The Labute approximate surface area is 178 Å². The molecule has 1 aromatic carbocycles. The molecule has 1 fully saturated rings. The molecule has 0 radical (unpaired) electrons. The van der Waals surface area contributed by atoms with Crippen molar-refractivity contribution in [1.29, 1.82) is 5.26 Å². The molecule has 1 unspecified atom stereocenters. The van der Waals surface area contributed by atoms with Gasteiger partial charge in [-0.05, 0) is 37.5 Å². The van der Waals surface area contributed by atoms with Crippen molar-refractivity contribution in [3.63, 3.8) is 0 Å². The number of aliphatic imine (C=N–C) groups is 1. The minimum absolute atomic E-state index is 0.177. The molecule has 1 atom stereocenters. The zero-order valence-corrected chi connectivity index (χ0v) is 18.1. The van der Waals surface area contributed by atoms with Gasteiger partial charge < -0.3 is 15.0 Å². The van der Waals surface area contributed by atoms with Gasteiger partial charge in [-0.25, -0.2) is 4.98 Å². The van der Waals surface area contributed by atoms with E-state index in [1.165, 1.54) is 6.42 Å². The summed E-state index contributed by atoms with van der Waals surface area (Å²) in [5.41, 5.74) is 10.6. The summed E-state index contributed by atoms with van der Waals surface area (Å²) in [6.45, 7) is 5.91. The van der Waals surface area contributed by atoms with Crippen molar-refractivity contribution in [2.75, 3.05) is 7.05 Å². The maximum Gasteiger partial charge on any atom is 0.205 e. The van der Waals surface area contributed by atoms with Crippen molar-refractivity contribution in [2.45, 2.75) is 46.0 Å². The Morgan fingerprint density at radius 2 is 1.97 bits per heavy atom. The first-order chi connectivity index (χ1) is 14.6. The lowest BCUT2D eigenvalue weighted by atomic mass is 9.72. The Morgan fingerprint density at radius 3 is 2.47 bits per heavy atom. The number of allylic oxidation sites excluding steroid dienone is 3. The molecule has 1 aliphatic carbocycles. The largest absolute Gasteiger partial charge is 0.445 e. The number of hydrogen-bond acceptors (Lipinski definition) is 5. The second kappa shape index (κ2) is 9.45. The van der Waals surface area contributed by atoms with Crippen LogP contribution in [0.1, 0.15) is 51.5 Å². The first-order valence-corrected chi connectivity index (χ1v) is 10.5. The quantitative estimate of drug-likeness (QED) is 0.739. The number of nitrogens with zero attached hydrogens (tertiary/aromatic N) is 4. The fraction of sp³-hybridized carbons (Fsp3) is 0.375. The van der Waals surface area contributed by atoms with Crippen LogP contribution in [0.4, 0.5) is 0 Å².